The fraction of sp³-hybridized carbons (Fsp3) is 0.450. The Morgan fingerprint density at radius 2 is 1.62 bits per heavy atom. The highest BCUT2D eigenvalue weighted by Gasteiger charge is 2.58. The zero-order chi connectivity index (χ0) is 29.6. The van der Waals surface area contributed by atoms with Gasteiger partial charge in [0.1, 0.15) is 5.69 Å². The lowest BCUT2D eigenvalue weighted by Crippen LogP contribution is -2.55. The van der Waals surface area contributed by atoms with Crippen molar-refractivity contribution in [2.75, 3.05) is 0 Å². The van der Waals surface area contributed by atoms with Crippen molar-refractivity contribution in [2.45, 2.75) is 104 Å². The van der Waals surface area contributed by atoms with Gasteiger partial charge in [0.15, 0.2) is 6.20 Å². The van der Waals surface area contributed by atoms with Gasteiger partial charge in [0.2, 0.25) is 11.2 Å². The molecule has 1 atom stereocenters. The van der Waals surface area contributed by atoms with Crippen molar-refractivity contribution in [3.63, 3.8) is 0 Å². The van der Waals surface area contributed by atoms with Crippen LogP contribution in [-0.4, -0.2) is 4.98 Å². The molecular formula is C40H47N2+. The monoisotopic (exact) mass is 555 g/mol. The van der Waals surface area contributed by atoms with Gasteiger partial charge < -0.3 is 0 Å². The number of nitrogens with zero attached hydrogens (tertiary/aromatic N) is 2. The summed E-state index contributed by atoms with van der Waals surface area (Å²) in [5.74, 6) is 1.64. The predicted molar refractivity (Wildman–Crippen MR) is 177 cm³/mol. The first-order chi connectivity index (χ1) is 20.2. The fourth-order valence-corrected chi connectivity index (χ4v) is 8.81. The summed E-state index contributed by atoms with van der Waals surface area (Å²) >= 11 is 0. The highest BCUT2D eigenvalue weighted by atomic mass is 15.1. The van der Waals surface area contributed by atoms with Crippen LogP contribution in [0.4, 0.5) is 0 Å². The Morgan fingerprint density at radius 3 is 2.31 bits per heavy atom. The number of rotatable bonds is 7. The number of hydrogen-bond donors (Lipinski definition) is 0. The van der Waals surface area contributed by atoms with Gasteiger partial charge in [-0.25, -0.2) is 4.98 Å². The van der Waals surface area contributed by atoms with Crippen LogP contribution in [0.15, 0.2) is 72.0 Å². The molecule has 0 saturated carbocycles. The van der Waals surface area contributed by atoms with Crippen molar-refractivity contribution >= 4 is 21.7 Å². The molecule has 0 amide bonds. The molecule has 2 nitrogen and oxygen atoms in total. The van der Waals surface area contributed by atoms with Gasteiger partial charge >= 0.3 is 0 Å². The van der Waals surface area contributed by atoms with Crippen LogP contribution in [0.3, 0.4) is 0 Å². The maximum Gasteiger partial charge on any atom is 0.233 e. The topological polar surface area (TPSA) is 16.8 Å². The second-order valence-electron chi connectivity index (χ2n) is 14.1. The summed E-state index contributed by atoms with van der Waals surface area (Å²) in [6, 6.07) is 16.3. The SMILES string of the molecule is CCC(CC)C1=CC2(CC(C(CC)CC)=C1)c1nc3ccccc3c3c1-c1c4c(cc(C(C)C)cc4cc[n+]12)C3(C)C. The van der Waals surface area contributed by atoms with E-state index in [1.807, 2.05) is 0 Å². The van der Waals surface area contributed by atoms with E-state index in [0.29, 0.717) is 17.8 Å². The molecule has 1 unspecified atom stereocenters. The standard InChI is InChI=1S/C40H47N2/c1-9-25(10-2)29-20-30(26(11-3)12-4)23-40(22-29)38-35-36(31-15-13-14-16-33(31)41-38)39(7,8)32-21-28(24(5)6)19-27-17-18-42(40)37(35)34(27)32/h13-22,24-26H,9-12,23H2,1-8H3/q+1. The molecule has 0 N–H and O–H groups in total. The van der Waals surface area contributed by atoms with Crippen LogP contribution in [0.1, 0.15) is 116 Å². The highest BCUT2D eigenvalue weighted by molar-refractivity contribution is 6.06. The Morgan fingerprint density at radius 1 is 0.905 bits per heavy atom. The van der Waals surface area contributed by atoms with Crippen molar-refractivity contribution in [1.29, 1.82) is 0 Å². The molecule has 0 fully saturated rings. The van der Waals surface area contributed by atoms with Gasteiger partial charge in [-0.1, -0.05) is 97.4 Å². The van der Waals surface area contributed by atoms with Gasteiger partial charge in [0.25, 0.3) is 0 Å². The Hall–Kier alpha value is -3.26. The Labute approximate surface area is 252 Å². The molecule has 42 heavy (non-hydrogen) atoms. The van der Waals surface area contributed by atoms with E-state index in [0.717, 1.165) is 11.9 Å². The van der Waals surface area contributed by atoms with Crippen LogP contribution in [0, 0.1) is 11.8 Å². The number of aromatic nitrogens is 2. The van der Waals surface area contributed by atoms with E-state index in [1.54, 1.807) is 5.57 Å². The average Bonchev–Trinajstić information content (AvgIpc) is 3.24. The molecule has 4 aromatic rings. The van der Waals surface area contributed by atoms with E-state index in [-0.39, 0.29) is 11.0 Å². The molecule has 1 spiro atoms. The summed E-state index contributed by atoms with van der Waals surface area (Å²) in [6.07, 6.45) is 13.4. The molecule has 0 radical (unpaired) electrons. The number of pyridine rings is 2. The zero-order valence-corrected chi connectivity index (χ0v) is 26.9. The van der Waals surface area contributed by atoms with E-state index in [9.17, 15) is 0 Å². The second kappa shape index (κ2) is 9.63. The average molecular weight is 556 g/mol. The third-order valence-corrected chi connectivity index (χ3v) is 11.2. The molecule has 3 heterocycles. The van der Waals surface area contributed by atoms with Gasteiger partial charge in [-0.3, -0.25) is 0 Å². The molecular weight excluding hydrogens is 508 g/mol. The predicted octanol–water partition coefficient (Wildman–Crippen LogP) is 10.3. The van der Waals surface area contributed by atoms with E-state index >= 15 is 0 Å². The highest BCUT2D eigenvalue weighted by Crippen LogP contribution is 2.57. The lowest BCUT2D eigenvalue weighted by molar-refractivity contribution is -0.726. The number of allylic oxidation sites excluding steroid dienone is 4. The quantitative estimate of drug-likeness (QED) is 0.207. The summed E-state index contributed by atoms with van der Waals surface area (Å²) in [5, 5.41) is 4.11. The molecule has 3 aliphatic rings. The number of para-hydroxylation sites is 1. The Bertz CT molecular complexity index is 1810. The molecule has 2 aliphatic carbocycles. The Balaban J connectivity index is 1.66. The first-order valence-corrected chi connectivity index (χ1v) is 16.6. The minimum absolute atomic E-state index is 0.141. The maximum atomic E-state index is 5.65. The smallest absolute Gasteiger partial charge is 0.233 e. The third kappa shape index (κ3) is 3.56. The van der Waals surface area contributed by atoms with Crippen molar-refractivity contribution < 1.29 is 4.57 Å². The lowest BCUT2D eigenvalue weighted by Gasteiger charge is -2.34. The minimum Gasteiger partial charge on any atom is -0.244 e. The van der Waals surface area contributed by atoms with Gasteiger partial charge in [-0.05, 0) is 83.2 Å². The summed E-state index contributed by atoms with van der Waals surface area (Å²) < 4.78 is 2.67. The number of benzene rings is 2. The summed E-state index contributed by atoms with van der Waals surface area (Å²) in [7, 11) is 0. The van der Waals surface area contributed by atoms with Gasteiger partial charge in [-0.15, -0.1) is 0 Å². The van der Waals surface area contributed by atoms with Crippen LogP contribution >= 0.6 is 0 Å². The van der Waals surface area contributed by atoms with Crippen molar-refractivity contribution in [3.8, 4) is 11.3 Å². The summed E-state index contributed by atoms with van der Waals surface area (Å²) in [4.78, 5) is 5.65. The van der Waals surface area contributed by atoms with Crippen LogP contribution in [0.25, 0.3) is 32.9 Å². The van der Waals surface area contributed by atoms with Crippen LogP contribution in [0.2, 0.25) is 0 Å². The van der Waals surface area contributed by atoms with E-state index < -0.39 is 0 Å². The first kappa shape index (κ1) is 27.6. The lowest BCUT2D eigenvalue weighted by atomic mass is 9.67. The molecule has 2 aromatic heterocycles. The molecule has 7 rings (SSSR count). The van der Waals surface area contributed by atoms with Crippen molar-refractivity contribution in [1.82, 2.24) is 4.98 Å². The molecule has 2 heteroatoms. The minimum atomic E-state index is -0.309. The summed E-state index contributed by atoms with van der Waals surface area (Å²) in [5.41, 5.74) is 12.2. The summed E-state index contributed by atoms with van der Waals surface area (Å²) in [6.45, 7) is 19.0. The van der Waals surface area contributed by atoms with Crippen LogP contribution in [0.5, 0.6) is 0 Å². The van der Waals surface area contributed by atoms with Gasteiger partial charge in [0.05, 0.1) is 16.5 Å². The molecule has 0 bridgehead atoms. The number of fused-ring (bicyclic) bond motifs is 4. The Kier molecular flexibility index (Phi) is 6.32. The van der Waals surface area contributed by atoms with Crippen LogP contribution < -0.4 is 4.57 Å². The van der Waals surface area contributed by atoms with E-state index in [4.69, 9.17) is 4.98 Å². The second-order valence-corrected chi connectivity index (χ2v) is 14.1. The number of hydrogen-bond acceptors (Lipinski definition) is 1. The fourth-order valence-electron chi connectivity index (χ4n) is 8.81. The van der Waals surface area contributed by atoms with Gasteiger partial charge in [0, 0.05) is 23.3 Å². The van der Waals surface area contributed by atoms with Crippen molar-refractivity contribution in [2.24, 2.45) is 11.8 Å². The maximum absolute atomic E-state index is 5.65. The molecule has 1 aliphatic heterocycles. The van der Waals surface area contributed by atoms with E-state index in [2.05, 4.69) is 121 Å². The largest absolute Gasteiger partial charge is 0.244 e. The molecule has 216 valence electrons. The first-order valence-electron chi connectivity index (χ1n) is 16.6. The molecule has 2 aromatic carbocycles. The van der Waals surface area contributed by atoms with Crippen LogP contribution in [-0.2, 0) is 11.0 Å². The normalized spacial score (nSPS) is 20.0. The van der Waals surface area contributed by atoms with Gasteiger partial charge in [-0.2, -0.15) is 4.57 Å². The zero-order valence-electron chi connectivity index (χ0n) is 26.9. The van der Waals surface area contributed by atoms with Crippen molar-refractivity contribution in [3.05, 3.63) is 94.3 Å². The van der Waals surface area contributed by atoms with E-state index in [1.165, 1.54) is 81.1 Å². The molecule has 0 saturated heterocycles. The third-order valence-electron chi connectivity index (χ3n) is 11.2.